The SMILES string of the molecule is CCOC(=O)C1=C(CN2C[C@H](C)C[C@@H](C)C2)NC(=O)N[C@H]1c1ccc(Cl)cc1. The summed E-state index contributed by atoms with van der Waals surface area (Å²) in [6.07, 6.45) is 1.20. The van der Waals surface area contributed by atoms with Crippen LogP contribution in [0.25, 0.3) is 0 Å². The van der Waals surface area contributed by atoms with Crippen molar-refractivity contribution in [2.75, 3.05) is 26.2 Å². The van der Waals surface area contributed by atoms with Gasteiger partial charge in [0.2, 0.25) is 0 Å². The largest absolute Gasteiger partial charge is 0.463 e. The number of carbonyl (C=O) groups excluding carboxylic acids is 2. The minimum Gasteiger partial charge on any atom is -0.463 e. The summed E-state index contributed by atoms with van der Waals surface area (Å²) >= 11 is 6.00. The van der Waals surface area contributed by atoms with Gasteiger partial charge in [0.05, 0.1) is 18.2 Å². The van der Waals surface area contributed by atoms with Crippen molar-refractivity contribution in [2.45, 2.75) is 33.2 Å². The molecule has 0 saturated carbocycles. The van der Waals surface area contributed by atoms with Gasteiger partial charge in [-0.1, -0.05) is 37.6 Å². The molecule has 1 fully saturated rings. The Morgan fingerprint density at radius 1 is 1.21 bits per heavy atom. The topological polar surface area (TPSA) is 70.7 Å². The van der Waals surface area contributed by atoms with Crippen molar-refractivity contribution in [1.29, 1.82) is 0 Å². The summed E-state index contributed by atoms with van der Waals surface area (Å²) < 4.78 is 5.32. The van der Waals surface area contributed by atoms with Crippen LogP contribution in [0.5, 0.6) is 0 Å². The van der Waals surface area contributed by atoms with Gasteiger partial charge in [0, 0.05) is 30.4 Å². The Bertz CT molecular complexity index is 753. The maximum absolute atomic E-state index is 12.8. The fraction of sp³-hybridized carbons (Fsp3) is 0.524. The highest BCUT2D eigenvalue weighted by Crippen LogP contribution is 2.30. The van der Waals surface area contributed by atoms with Crippen molar-refractivity contribution in [3.63, 3.8) is 0 Å². The molecule has 3 atom stereocenters. The number of rotatable bonds is 5. The summed E-state index contributed by atoms with van der Waals surface area (Å²) in [7, 11) is 0. The van der Waals surface area contributed by atoms with Crippen LogP contribution in [0.2, 0.25) is 5.02 Å². The van der Waals surface area contributed by atoms with Crippen LogP contribution in [0.3, 0.4) is 0 Å². The van der Waals surface area contributed by atoms with E-state index in [1.807, 2.05) is 12.1 Å². The van der Waals surface area contributed by atoms with E-state index in [4.69, 9.17) is 16.3 Å². The first-order valence-corrected chi connectivity index (χ1v) is 10.2. The van der Waals surface area contributed by atoms with E-state index >= 15 is 0 Å². The summed E-state index contributed by atoms with van der Waals surface area (Å²) in [5, 5.41) is 6.31. The lowest BCUT2D eigenvalue weighted by atomic mass is 9.91. The van der Waals surface area contributed by atoms with Crippen LogP contribution in [-0.4, -0.2) is 43.1 Å². The summed E-state index contributed by atoms with van der Waals surface area (Å²) in [5.74, 6) is 0.753. The number of halogens is 1. The molecule has 0 aliphatic carbocycles. The highest BCUT2D eigenvalue weighted by atomic mass is 35.5. The Balaban J connectivity index is 1.96. The zero-order valence-electron chi connectivity index (χ0n) is 16.6. The van der Waals surface area contributed by atoms with Crippen LogP contribution in [0.1, 0.15) is 38.8 Å². The zero-order chi connectivity index (χ0) is 20.3. The van der Waals surface area contributed by atoms with Gasteiger partial charge >= 0.3 is 12.0 Å². The van der Waals surface area contributed by atoms with Crippen LogP contribution in [0.4, 0.5) is 4.79 Å². The molecule has 3 rings (SSSR count). The Morgan fingerprint density at radius 2 is 1.86 bits per heavy atom. The summed E-state index contributed by atoms with van der Waals surface area (Å²) in [4.78, 5) is 27.5. The molecule has 2 amide bonds. The van der Waals surface area contributed by atoms with E-state index < -0.39 is 12.0 Å². The van der Waals surface area contributed by atoms with Crippen molar-refractivity contribution in [1.82, 2.24) is 15.5 Å². The number of urea groups is 1. The molecule has 1 aromatic carbocycles. The lowest BCUT2D eigenvalue weighted by molar-refractivity contribution is -0.139. The fourth-order valence-electron chi connectivity index (χ4n) is 4.24. The molecule has 1 aromatic rings. The van der Waals surface area contributed by atoms with E-state index in [0.29, 0.717) is 34.7 Å². The molecule has 6 nitrogen and oxygen atoms in total. The number of likely N-dealkylation sites (tertiary alicyclic amines) is 1. The van der Waals surface area contributed by atoms with Crippen LogP contribution in [0, 0.1) is 11.8 Å². The number of nitrogens with zero attached hydrogens (tertiary/aromatic N) is 1. The maximum atomic E-state index is 12.8. The third-order valence-electron chi connectivity index (χ3n) is 5.18. The number of piperidine rings is 1. The standard InChI is InChI=1S/C21H28ClN3O3/c1-4-28-20(26)18-17(12-25-10-13(2)9-14(3)11-25)23-21(27)24-19(18)15-5-7-16(22)8-6-15/h5-8,13-14,19H,4,9-12H2,1-3H3,(H2,23,24,27)/t13-,14-,19+/m1/s1. The summed E-state index contributed by atoms with van der Waals surface area (Å²) in [6.45, 7) is 8.92. The monoisotopic (exact) mass is 405 g/mol. The van der Waals surface area contributed by atoms with Crippen molar-refractivity contribution < 1.29 is 14.3 Å². The van der Waals surface area contributed by atoms with Crippen molar-refractivity contribution in [3.8, 4) is 0 Å². The van der Waals surface area contributed by atoms with Gasteiger partial charge in [0.25, 0.3) is 0 Å². The number of nitrogens with one attached hydrogen (secondary N) is 2. The number of amides is 2. The van der Waals surface area contributed by atoms with E-state index in [1.165, 1.54) is 6.42 Å². The molecule has 2 N–H and O–H groups in total. The molecule has 0 bridgehead atoms. The molecule has 1 saturated heterocycles. The van der Waals surface area contributed by atoms with Crippen molar-refractivity contribution in [3.05, 3.63) is 46.1 Å². The molecular formula is C21H28ClN3O3. The number of hydrogen-bond donors (Lipinski definition) is 2. The molecular weight excluding hydrogens is 378 g/mol. The van der Waals surface area contributed by atoms with E-state index in [-0.39, 0.29) is 12.6 Å². The average molecular weight is 406 g/mol. The zero-order valence-corrected chi connectivity index (χ0v) is 17.4. The minimum atomic E-state index is -0.570. The van der Waals surface area contributed by atoms with Gasteiger partial charge in [-0.05, 0) is 42.9 Å². The predicted molar refractivity (Wildman–Crippen MR) is 109 cm³/mol. The second-order valence-electron chi connectivity index (χ2n) is 7.84. The van der Waals surface area contributed by atoms with E-state index in [1.54, 1.807) is 19.1 Å². The second-order valence-corrected chi connectivity index (χ2v) is 8.27. The molecule has 0 unspecified atom stereocenters. The lowest BCUT2D eigenvalue weighted by Gasteiger charge is -2.37. The van der Waals surface area contributed by atoms with Crippen LogP contribution in [-0.2, 0) is 9.53 Å². The molecule has 152 valence electrons. The lowest BCUT2D eigenvalue weighted by Crippen LogP contribution is -2.50. The van der Waals surface area contributed by atoms with Crippen molar-refractivity contribution >= 4 is 23.6 Å². The van der Waals surface area contributed by atoms with E-state index in [9.17, 15) is 9.59 Å². The van der Waals surface area contributed by atoms with Gasteiger partial charge in [-0.2, -0.15) is 0 Å². The molecule has 0 spiro atoms. The number of carbonyl (C=O) groups is 2. The molecule has 0 radical (unpaired) electrons. The van der Waals surface area contributed by atoms with Crippen molar-refractivity contribution in [2.24, 2.45) is 11.8 Å². The summed E-state index contributed by atoms with van der Waals surface area (Å²) in [5.41, 5.74) is 1.86. The average Bonchev–Trinajstić information content (AvgIpc) is 2.61. The van der Waals surface area contributed by atoms with Crippen LogP contribution < -0.4 is 10.6 Å². The first-order valence-electron chi connectivity index (χ1n) is 9.82. The van der Waals surface area contributed by atoms with Gasteiger partial charge in [-0.15, -0.1) is 0 Å². The van der Waals surface area contributed by atoms with Gasteiger partial charge in [0.15, 0.2) is 0 Å². The molecule has 0 aromatic heterocycles. The Kier molecular flexibility index (Phi) is 6.62. The first kappa shape index (κ1) is 20.7. The van der Waals surface area contributed by atoms with Crippen LogP contribution >= 0.6 is 11.6 Å². The third kappa shape index (κ3) is 4.86. The highest BCUT2D eigenvalue weighted by molar-refractivity contribution is 6.30. The fourth-order valence-corrected chi connectivity index (χ4v) is 4.37. The predicted octanol–water partition coefficient (Wildman–Crippen LogP) is 3.49. The Morgan fingerprint density at radius 3 is 2.46 bits per heavy atom. The molecule has 28 heavy (non-hydrogen) atoms. The summed E-state index contributed by atoms with van der Waals surface area (Å²) in [6, 6.07) is 6.25. The molecule has 2 aliphatic heterocycles. The second kappa shape index (κ2) is 8.97. The van der Waals surface area contributed by atoms with E-state index in [2.05, 4.69) is 29.4 Å². The smallest absolute Gasteiger partial charge is 0.338 e. The van der Waals surface area contributed by atoms with E-state index in [0.717, 1.165) is 18.7 Å². The maximum Gasteiger partial charge on any atom is 0.338 e. The van der Waals surface area contributed by atoms with Crippen LogP contribution in [0.15, 0.2) is 35.5 Å². The third-order valence-corrected chi connectivity index (χ3v) is 5.43. The quantitative estimate of drug-likeness (QED) is 0.735. The molecule has 2 heterocycles. The number of hydrogen-bond acceptors (Lipinski definition) is 4. The number of ether oxygens (including phenoxy) is 1. The first-order chi connectivity index (χ1) is 13.4. The highest BCUT2D eigenvalue weighted by Gasteiger charge is 2.35. The minimum absolute atomic E-state index is 0.273. The Hall–Kier alpha value is -2.05. The van der Waals surface area contributed by atoms with Gasteiger partial charge in [-0.3, -0.25) is 4.90 Å². The van der Waals surface area contributed by atoms with Gasteiger partial charge < -0.3 is 15.4 Å². The number of esters is 1. The van der Waals surface area contributed by atoms with Gasteiger partial charge in [-0.25, -0.2) is 9.59 Å². The molecule has 2 aliphatic rings. The normalized spacial score (nSPS) is 25.9. The molecule has 7 heteroatoms. The Labute approximate surface area is 171 Å². The van der Waals surface area contributed by atoms with Gasteiger partial charge in [0.1, 0.15) is 0 Å². The number of benzene rings is 1.